The van der Waals surface area contributed by atoms with E-state index in [1.54, 1.807) is 18.7 Å². The van der Waals surface area contributed by atoms with E-state index in [1.807, 2.05) is 58.0 Å². The summed E-state index contributed by atoms with van der Waals surface area (Å²) in [6.45, 7) is 1.37. The number of rotatable bonds is 5. The van der Waals surface area contributed by atoms with Crippen molar-refractivity contribution in [2.45, 2.75) is 6.54 Å². The minimum atomic E-state index is 0.599. The van der Waals surface area contributed by atoms with Crippen LogP contribution in [-0.2, 0) is 6.54 Å². The van der Waals surface area contributed by atoms with E-state index in [9.17, 15) is 0 Å². The zero-order valence-corrected chi connectivity index (χ0v) is 12.4. The van der Waals surface area contributed by atoms with Gasteiger partial charge in [0.25, 0.3) is 0 Å². The number of nitrogens with zero attached hydrogens (tertiary/aromatic N) is 5. The van der Waals surface area contributed by atoms with Crippen molar-refractivity contribution in [3.05, 3.63) is 67.5 Å². The Hall–Kier alpha value is -3.15. The third-order valence-corrected chi connectivity index (χ3v) is 3.59. The molecule has 0 atom stereocenters. The monoisotopic (exact) mass is 305 g/mol. The van der Waals surface area contributed by atoms with Crippen LogP contribution in [0.25, 0.3) is 16.7 Å². The highest BCUT2D eigenvalue weighted by Crippen LogP contribution is 2.19. The summed E-state index contributed by atoms with van der Waals surface area (Å²) in [5, 5.41) is 5.42. The molecular weight excluding hydrogens is 290 g/mol. The van der Waals surface area contributed by atoms with E-state index in [4.69, 9.17) is 4.74 Å². The first-order valence-corrected chi connectivity index (χ1v) is 7.38. The molecule has 0 radical (unpaired) electrons. The standard InChI is InChI=1S/C17H15N5O/c1-2-14-12-20-22(17(14)19-7-1)15-3-5-16(6-4-15)23-11-10-21-9-8-18-13-21/h1-9,12-13H,10-11H2. The van der Waals surface area contributed by atoms with Crippen LogP contribution in [0.1, 0.15) is 0 Å². The van der Waals surface area contributed by atoms with Crippen LogP contribution < -0.4 is 4.74 Å². The molecule has 1 aromatic carbocycles. The highest BCUT2D eigenvalue weighted by molar-refractivity contribution is 5.75. The lowest BCUT2D eigenvalue weighted by atomic mass is 10.3. The van der Waals surface area contributed by atoms with Gasteiger partial charge in [0.05, 0.1) is 24.8 Å². The molecule has 3 aromatic heterocycles. The summed E-state index contributed by atoms with van der Waals surface area (Å²) in [5.41, 5.74) is 1.81. The van der Waals surface area contributed by atoms with Crippen molar-refractivity contribution in [2.75, 3.05) is 6.61 Å². The van der Waals surface area contributed by atoms with Gasteiger partial charge >= 0.3 is 0 Å². The molecule has 3 heterocycles. The SMILES string of the molecule is c1cnc2c(c1)cnn2-c1ccc(OCCn2ccnc2)cc1. The van der Waals surface area contributed by atoms with Gasteiger partial charge in [-0.1, -0.05) is 0 Å². The second-order valence-electron chi connectivity index (χ2n) is 5.12. The van der Waals surface area contributed by atoms with Crippen molar-refractivity contribution in [1.82, 2.24) is 24.3 Å². The molecule has 6 heteroatoms. The van der Waals surface area contributed by atoms with E-state index < -0.39 is 0 Å². The Morgan fingerprint density at radius 3 is 2.78 bits per heavy atom. The summed E-state index contributed by atoms with van der Waals surface area (Å²) in [6, 6.07) is 11.8. The van der Waals surface area contributed by atoms with Gasteiger partial charge in [0, 0.05) is 24.0 Å². The van der Waals surface area contributed by atoms with Gasteiger partial charge in [-0.25, -0.2) is 14.6 Å². The number of hydrogen-bond acceptors (Lipinski definition) is 4. The smallest absolute Gasteiger partial charge is 0.162 e. The normalized spacial score (nSPS) is 11.0. The molecule has 4 aromatic rings. The fourth-order valence-electron chi connectivity index (χ4n) is 2.42. The lowest BCUT2D eigenvalue weighted by molar-refractivity contribution is 0.298. The molecule has 0 amide bonds. The number of ether oxygens (including phenoxy) is 1. The summed E-state index contributed by atoms with van der Waals surface area (Å²) in [6.07, 6.45) is 9.05. The first kappa shape index (κ1) is 13.5. The van der Waals surface area contributed by atoms with Gasteiger partial charge < -0.3 is 9.30 Å². The average molecular weight is 305 g/mol. The molecule has 0 saturated carbocycles. The highest BCUT2D eigenvalue weighted by Gasteiger charge is 2.05. The van der Waals surface area contributed by atoms with Crippen LogP contribution in [0.4, 0.5) is 0 Å². The van der Waals surface area contributed by atoms with Gasteiger partial charge in [-0.05, 0) is 36.4 Å². The fraction of sp³-hybridized carbons (Fsp3) is 0.118. The van der Waals surface area contributed by atoms with Crippen LogP contribution in [0.5, 0.6) is 5.75 Å². The number of benzene rings is 1. The van der Waals surface area contributed by atoms with Crippen LogP contribution in [0.2, 0.25) is 0 Å². The molecule has 0 unspecified atom stereocenters. The number of imidazole rings is 1. The Morgan fingerprint density at radius 1 is 1.04 bits per heavy atom. The molecule has 0 spiro atoms. The van der Waals surface area contributed by atoms with Crippen LogP contribution >= 0.6 is 0 Å². The Morgan fingerprint density at radius 2 is 1.96 bits per heavy atom. The van der Waals surface area contributed by atoms with E-state index in [2.05, 4.69) is 15.1 Å². The van der Waals surface area contributed by atoms with Crippen LogP contribution in [0.3, 0.4) is 0 Å². The molecule has 0 aliphatic rings. The van der Waals surface area contributed by atoms with E-state index in [0.29, 0.717) is 6.61 Å². The zero-order chi connectivity index (χ0) is 15.5. The van der Waals surface area contributed by atoms with E-state index >= 15 is 0 Å². The minimum Gasteiger partial charge on any atom is -0.492 e. The number of hydrogen-bond donors (Lipinski definition) is 0. The lowest BCUT2D eigenvalue weighted by Gasteiger charge is -2.08. The van der Waals surface area contributed by atoms with Crippen molar-refractivity contribution in [3.8, 4) is 11.4 Å². The van der Waals surface area contributed by atoms with Crippen molar-refractivity contribution in [2.24, 2.45) is 0 Å². The van der Waals surface area contributed by atoms with Gasteiger partial charge in [0.15, 0.2) is 5.65 Å². The van der Waals surface area contributed by atoms with Gasteiger partial charge in [-0.2, -0.15) is 5.10 Å². The summed E-state index contributed by atoms with van der Waals surface area (Å²) >= 11 is 0. The van der Waals surface area contributed by atoms with Crippen LogP contribution in [-0.4, -0.2) is 30.9 Å². The Labute approximate surface area is 133 Å². The van der Waals surface area contributed by atoms with E-state index in [0.717, 1.165) is 29.0 Å². The molecule has 0 bridgehead atoms. The largest absolute Gasteiger partial charge is 0.492 e. The second kappa shape index (κ2) is 5.92. The minimum absolute atomic E-state index is 0.599. The molecule has 6 nitrogen and oxygen atoms in total. The fourth-order valence-corrected chi connectivity index (χ4v) is 2.42. The van der Waals surface area contributed by atoms with Gasteiger partial charge in [0.2, 0.25) is 0 Å². The second-order valence-corrected chi connectivity index (χ2v) is 5.12. The van der Waals surface area contributed by atoms with E-state index in [-0.39, 0.29) is 0 Å². The molecule has 114 valence electrons. The van der Waals surface area contributed by atoms with Gasteiger partial charge in [-0.15, -0.1) is 0 Å². The maximum Gasteiger partial charge on any atom is 0.162 e. The molecule has 0 aliphatic heterocycles. The maximum atomic E-state index is 5.75. The summed E-state index contributed by atoms with van der Waals surface area (Å²) in [5.74, 6) is 0.832. The summed E-state index contributed by atoms with van der Waals surface area (Å²) in [7, 11) is 0. The highest BCUT2D eigenvalue weighted by atomic mass is 16.5. The topological polar surface area (TPSA) is 57.8 Å². The van der Waals surface area contributed by atoms with Crippen molar-refractivity contribution in [1.29, 1.82) is 0 Å². The lowest BCUT2D eigenvalue weighted by Crippen LogP contribution is -2.06. The number of pyridine rings is 1. The Balaban J connectivity index is 1.47. The zero-order valence-electron chi connectivity index (χ0n) is 12.4. The van der Waals surface area contributed by atoms with Gasteiger partial charge in [-0.3, -0.25) is 0 Å². The Kier molecular flexibility index (Phi) is 3.48. The first-order chi connectivity index (χ1) is 11.4. The van der Waals surface area contributed by atoms with Crippen molar-refractivity contribution < 1.29 is 4.74 Å². The van der Waals surface area contributed by atoms with Crippen molar-refractivity contribution >= 4 is 11.0 Å². The quantitative estimate of drug-likeness (QED) is 0.569. The number of fused-ring (bicyclic) bond motifs is 1. The third kappa shape index (κ3) is 2.78. The maximum absolute atomic E-state index is 5.75. The molecular formula is C17H15N5O. The van der Waals surface area contributed by atoms with Crippen molar-refractivity contribution in [3.63, 3.8) is 0 Å². The molecule has 4 rings (SSSR count). The summed E-state index contributed by atoms with van der Waals surface area (Å²) < 4.78 is 9.55. The predicted octanol–water partition coefficient (Wildman–Crippen LogP) is 2.70. The van der Waals surface area contributed by atoms with E-state index in [1.165, 1.54) is 0 Å². The van der Waals surface area contributed by atoms with Crippen LogP contribution in [0, 0.1) is 0 Å². The molecule has 23 heavy (non-hydrogen) atoms. The number of aromatic nitrogens is 5. The van der Waals surface area contributed by atoms with Gasteiger partial charge in [0.1, 0.15) is 12.4 Å². The average Bonchev–Trinajstić information content (AvgIpc) is 3.25. The third-order valence-electron chi connectivity index (χ3n) is 3.59. The molecule has 0 fully saturated rings. The molecule has 0 aliphatic carbocycles. The predicted molar refractivity (Wildman–Crippen MR) is 86.6 cm³/mol. The summed E-state index contributed by atoms with van der Waals surface area (Å²) in [4.78, 5) is 8.38. The first-order valence-electron chi connectivity index (χ1n) is 7.38. The van der Waals surface area contributed by atoms with Crippen LogP contribution in [0.15, 0.2) is 67.5 Å². The molecule has 0 saturated heterocycles. The molecule has 0 N–H and O–H groups in total. The Bertz CT molecular complexity index is 896.